The molecule has 1 aliphatic rings. The zero-order valence-corrected chi connectivity index (χ0v) is 19.8. The number of hydrogen-bond acceptors (Lipinski definition) is 5. The second-order valence-electron chi connectivity index (χ2n) is 8.40. The SMILES string of the molecule is Cc1nn(-c2ccccc2)c(C)c1CN(C)[C@H](C)C(=O)Nc1sc2c(c1C(N)=O)CCC2. The van der Waals surface area contributed by atoms with Gasteiger partial charge in [-0.05, 0) is 64.8 Å². The van der Waals surface area contributed by atoms with Crippen LogP contribution in [-0.4, -0.2) is 39.6 Å². The van der Waals surface area contributed by atoms with Crippen LogP contribution in [0, 0.1) is 13.8 Å². The monoisotopic (exact) mass is 451 g/mol. The average Bonchev–Trinajstić information content (AvgIpc) is 3.42. The molecule has 1 atom stereocenters. The van der Waals surface area contributed by atoms with Gasteiger partial charge in [-0.15, -0.1) is 11.3 Å². The summed E-state index contributed by atoms with van der Waals surface area (Å²) >= 11 is 1.48. The molecule has 1 aliphatic carbocycles. The highest BCUT2D eigenvalue weighted by atomic mass is 32.1. The van der Waals surface area contributed by atoms with E-state index in [4.69, 9.17) is 10.8 Å². The van der Waals surface area contributed by atoms with Crippen molar-refractivity contribution in [2.24, 2.45) is 5.73 Å². The number of para-hydroxylation sites is 1. The molecule has 0 saturated heterocycles. The van der Waals surface area contributed by atoms with Crippen molar-refractivity contribution < 1.29 is 9.59 Å². The first-order valence-electron chi connectivity index (χ1n) is 10.8. The first-order valence-corrected chi connectivity index (χ1v) is 11.7. The summed E-state index contributed by atoms with van der Waals surface area (Å²) in [5.41, 5.74) is 11.2. The predicted octanol–water partition coefficient (Wildman–Crippen LogP) is 3.60. The molecule has 8 heteroatoms. The number of likely N-dealkylation sites (N-methyl/N-ethyl adjacent to an activating group) is 1. The Bertz CT molecular complexity index is 1170. The van der Waals surface area contributed by atoms with Gasteiger partial charge in [0, 0.05) is 22.7 Å². The molecule has 1 aromatic carbocycles. The van der Waals surface area contributed by atoms with Crippen LogP contribution in [0.2, 0.25) is 0 Å². The summed E-state index contributed by atoms with van der Waals surface area (Å²) in [6, 6.07) is 9.62. The van der Waals surface area contributed by atoms with E-state index < -0.39 is 11.9 Å². The van der Waals surface area contributed by atoms with E-state index in [2.05, 4.69) is 5.32 Å². The lowest BCUT2D eigenvalue weighted by Gasteiger charge is -2.24. The van der Waals surface area contributed by atoms with E-state index in [1.165, 1.54) is 11.3 Å². The number of primary amides is 1. The molecule has 0 aliphatic heterocycles. The maximum atomic E-state index is 13.0. The zero-order valence-electron chi connectivity index (χ0n) is 18.9. The topological polar surface area (TPSA) is 93.2 Å². The number of hydrogen-bond donors (Lipinski definition) is 2. The number of anilines is 1. The Balaban J connectivity index is 1.49. The molecule has 4 rings (SSSR count). The number of nitrogens with two attached hydrogens (primary N) is 1. The maximum absolute atomic E-state index is 13.0. The molecule has 0 spiro atoms. The van der Waals surface area contributed by atoms with Crippen LogP contribution < -0.4 is 11.1 Å². The molecule has 0 saturated carbocycles. The first-order chi connectivity index (χ1) is 15.3. The lowest BCUT2D eigenvalue weighted by molar-refractivity contribution is -0.120. The van der Waals surface area contributed by atoms with Crippen LogP contribution in [0.15, 0.2) is 30.3 Å². The van der Waals surface area contributed by atoms with Gasteiger partial charge in [0.05, 0.1) is 23.0 Å². The summed E-state index contributed by atoms with van der Waals surface area (Å²) in [5.74, 6) is -0.624. The summed E-state index contributed by atoms with van der Waals surface area (Å²) in [4.78, 5) is 28.2. The number of nitrogens with zero attached hydrogens (tertiary/aromatic N) is 3. The van der Waals surface area contributed by atoms with Gasteiger partial charge in [-0.25, -0.2) is 4.68 Å². The predicted molar refractivity (Wildman–Crippen MR) is 127 cm³/mol. The molecule has 0 fully saturated rings. The second-order valence-corrected chi connectivity index (χ2v) is 9.51. The van der Waals surface area contributed by atoms with Gasteiger partial charge in [0.2, 0.25) is 5.91 Å². The van der Waals surface area contributed by atoms with Crippen LogP contribution in [0.3, 0.4) is 0 Å². The quantitative estimate of drug-likeness (QED) is 0.574. The molecule has 0 bridgehead atoms. The van der Waals surface area contributed by atoms with Crippen molar-refractivity contribution in [2.45, 2.75) is 52.6 Å². The summed E-state index contributed by atoms with van der Waals surface area (Å²) in [6.07, 6.45) is 2.82. The average molecular weight is 452 g/mol. The van der Waals surface area contributed by atoms with E-state index in [9.17, 15) is 9.59 Å². The number of aromatic nitrogens is 2. The Hall–Kier alpha value is -2.97. The number of benzene rings is 1. The highest BCUT2D eigenvalue weighted by Crippen LogP contribution is 2.39. The van der Waals surface area contributed by atoms with Crippen molar-refractivity contribution in [2.75, 3.05) is 12.4 Å². The van der Waals surface area contributed by atoms with Gasteiger partial charge in [-0.2, -0.15) is 5.10 Å². The highest BCUT2D eigenvalue weighted by molar-refractivity contribution is 7.17. The Morgan fingerprint density at radius 1 is 1.25 bits per heavy atom. The molecule has 2 amide bonds. The molecule has 2 aromatic heterocycles. The van der Waals surface area contributed by atoms with Gasteiger partial charge in [0.25, 0.3) is 5.91 Å². The summed E-state index contributed by atoms with van der Waals surface area (Å²) in [6.45, 7) is 6.50. The van der Waals surface area contributed by atoms with Crippen LogP contribution in [0.1, 0.15) is 51.1 Å². The van der Waals surface area contributed by atoms with Crippen LogP contribution in [0.5, 0.6) is 0 Å². The van der Waals surface area contributed by atoms with Gasteiger partial charge in [-0.1, -0.05) is 18.2 Å². The van der Waals surface area contributed by atoms with E-state index in [0.717, 1.165) is 52.3 Å². The normalized spacial score (nSPS) is 13.9. The number of amides is 2. The number of carbonyl (C=O) groups excluding carboxylic acids is 2. The van der Waals surface area contributed by atoms with Crippen molar-refractivity contribution in [3.05, 3.63) is 63.3 Å². The van der Waals surface area contributed by atoms with Crippen molar-refractivity contribution >= 4 is 28.2 Å². The number of aryl methyl sites for hydroxylation is 2. The fourth-order valence-electron chi connectivity index (χ4n) is 4.28. The molecule has 2 heterocycles. The lowest BCUT2D eigenvalue weighted by atomic mass is 10.1. The van der Waals surface area contributed by atoms with Crippen LogP contribution in [0.4, 0.5) is 5.00 Å². The minimum Gasteiger partial charge on any atom is -0.365 e. The molecule has 3 aromatic rings. The Morgan fingerprint density at radius 3 is 2.66 bits per heavy atom. The lowest BCUT2D eigenvalue weighted by Crippen LogP contribution is -2.39. The highest BCUT2D eigenvalue weighted by Gasteiger charge is 2.28. The fourth-order valence-corrected chi connectivity index (χ4v) is 5.58. The number of fused-ring (bicyclic) bond motifs is 1. The maximum Gasteiger partial charge on any atom is 0.251 e. The van der Waals surface area contributed by atoms with Gasteiger partial charge in [0.1, 0.15) is 5.00 Å². The number of rotatable bonds is 7. The van der Waals surface area contributed by atoms with Gasteiger partial charge in [-0.3, -0.25) is 14.5 Å². The van der Waals surface area contributed by atoms with Crippen molar-refractivity contribution in [1.29, 1.82) is 0 Å². The smallest absolute Gasteiger partial charge is 0.251 e. The number of carbonyl (C=O) groups is 2. The molecular weight excluding hydrogens is 422 g/mol. The Morgan fingerprint density at radius 2 is 1.97 bits per heavy atom. The largest absolute Gasteiger partial charge is 0.365 e. The van der Waals surface area contributed by atoms with E-state index >= 15 is 0 Å². The number of thiophene rings is 1. The van der Waals surface area contributed by atoms with Gasteiger partial charge in [0.15, 0.2) is 0 Å². The number of nitrogens with one attached hydrogen (secondary N) is 1. The van der Waals surface area contributed by atoms with Crippen LogP contribution >= 0.6 is 11.3 Å². The molecule has 0 unspecified atom stereocenters. The van der Waals surface area contributed by atoms with Crippen molar-refractivity contribution in [3.63, 3.8) is 0 Å². The summed E-state index contributed by atoms with van der Waals surface area (Å²) < 4.78 is 1.94. The van der Waals surface area contributed by atoms with E-state index in [1.807, 2.05) is 67.7 Å². The minimum atomic E-state index is -0.472. The molecular formula is C24H29N5O2S. The van der Waals surface area contributed by atoms with E-state index in [-0.39, 0.29) is 5.91 Å². The third kappa shape index (κ3) is 4.08. The zero-order chi connectivity index (χ0) is 23.0. The molecule has 32 heavy (non-hydrogen) atoms. The van der Waals surface area contributed by atoms with Crippen LogP contribution in [0.25, 0.3) is 5.69 Å². The molecule has 0 radical (unpaired) electrons. The van der Waals surface area contributed by atoms with Crippen molar-refractivity contribution in [1.82, 2.24) is 14.7 Å². The molecule has 7 nitrogen and oxygen atoms in total. The third-order valence-electron chi connectivity index (χ3n) is 6.29. The van der Waals surface area contributed by atoms with E-state index in [1.54, 1.807) is 0 Å². The third-order valence-corrected chi connectivity index (χ3v) is 7.50. The fraction of sp³-hybridized carbons (Fsp3) is 0.375. The van der Waals surface area contributed by atoms with Crippen LogP contribution in [-0.2, 0) is 24.2 Å². The minimum absolute atomic E-state index is 0.152. The Kier molecular flexibility index (Phi) is 6.17. The molecule has 3 N–H and O–H groups in total. The summed E-state index contributed by atoms with van der Waals surface area (Å²) in [5, 5.41) is 8.25. The van der Waals surface area contributed by atoms with Crippen molar-refractivity contribution in [3.8, 4) is 5.69 Å². The second kappa shape index (κ2) is 8.88. The molecule has 168 valence electrons. The first kappa shape index (κ1) is 22.2. The van der Waals surface area contributed by atoms with Gasteiger partial charge >= 0.3 is 0 Å². The standard InChI is InChI=1S/C24H29N5O2S/c1-14-19(15(2)29(27-14)17-9-6-5-7-10-17)13-28(4)16(3)23(31)26-24-21(22(25)30)18-11-8-12-20(18)32-24/h5-7,9-10,16H,8,11-13H2,1-4H3,(H2,25,30)(H,26,31)/t16-/m1/s1. The Labute approximate surface area is 192 Å². The summed E-state index contributed by atoms with van der Waals surface area (Å²) in [7, 11) is 1.92. The van der Waals surface area contributed by atoms with E-state index in [0.29, 0.717) is 17.1 Å². The van der Waals surface area contributed by atoms with Gasteiger partial charge < -0.3 is 11.1 Å².